The van der Waals surface area contributed by atoms with Crippen molar-refractivity contribution in [2.45, 2.75) is 19.6 Å². The van der Waals surface area contributed by atoms with E-state index < -0.39 is 17.6 Å². The second-order valence-corrected chi connectivity index (χ2v) is 11.9. The van der Waals surface area contributed by atoms with Gasteiger partial charge in [-0.3, -0.25) is 9.69 Å². The molecular formula is C34H32ClF3N6O2. The molecule has 5 aromatic rings. The van der Waals surface area contributed by atoms with Crippen LogP contribution in [0.3, 0.4) is 0 Å². The zero-order valence-electron chi connectivity index (χ0n) is 25.5. The predicted octanol–water partition coefficient (Wildman–Crippen LogP) is 7.41. The highest BCUT2D eigenvalue weighted by molar-refractivity contribution is 6.30. The van der Waals surface area contributed by atoms with Crippen LogP contribution in [0.15, 0.2) is 72.9 Å². The van der Waals surface area contributed by atoms with Gasteiger partial charge >= 0.3 is 6.18 Å². The number of carbonyl (C=O) groups is 1. The molecule has 6 rings (SSSR count). The number of nitrogens with zero attached hydrogens (tertiary/aromatic N) is 5. The lowest BCUT2D eigenvalue weighted by Crippen LogP contribution is -2.44. The largest absolute Gasteiger partial charge is 0.437 e. The SMILES string of the molecule is Cc1ccc(C(=O)Nc2ccc(CN3CCN(C)CC3)c(C(F)(F)F)c2)cc1Oc1nc(-c2cccc(Cl)c2)nc2ccn(C)c12. The van der Waals surface area contributed by atoms with E-state index in [9.17, 15) is 18.0 Å². The first-order chi connectivity index (χ1) is 21.9. The van der Waals surface area contributed by atoms with Crippen molar-refractivity contribution < 1.29 is 22.7 Å². The van der Waals surface area contributed by atoms with Gasteiger partial charge in [-0.05, 0) is 67.6 Å². The van der Waals surface area contributed by atoms with E-state index in [0.29, 0.717) is 46.3 Å². The number of aryl methyl sites for hydroxylation is 2. The lowest BCUT2D eigenvalue weighted by atomic mass is 10.0. The monoisotopic (exact) mass is 648 g/mol. The Bertz CT molecular complexity index is 1920. The summed E-state index contributed by atoms with van der Waals surface area (Å²) < 4.78 is 50.5. The molecule has 8 nitrogen and oxygen atoms in total. The zero-order chi connectivity index (χ0) is 32.6. The van der Waals surface area contributed by atoms with Crippen molar-refractivity contribution in [3.63, 3.8) is 0 Å². The van der Waals surface area contributed by atoms with Gasteiger partial charge in [0.05, 0.1) is 11.1 Å². The second kappa shape index (κ2) is 12.7. The number of hydrogen-bond donors (Lipinski definition) is 1. The number of benzene rings is 3. The third kappa shape index (κ3) is 6.86. The van der Waals surface area contributed by atoms with Gasteiger partial charge in [0.15, 0.2) is 5.82 Å². The van der Waals surface area contributed by atoms with Crippen LogP contribution >= 0.6 is 11.6 Å². The highest BCUT2D eigenvalue weighted by Gasteiger charge is 2.34. The minimum Gasteiger partial charge on any atom is -0.437 e. The summed E-state index contributed by atoms with van der Waals surface area (Å²) in [6.45, 7) is 4.99. The van der Waals surface area contributed by atoms with Crippen LogP contribution in [0.1, 0.15) is 27.0 Å². The van der Waals surface area contributed by atoms with Crippen molar-refractivity contribution >= 4 is 34.2 Å². The summed E-state index contributed by atoms with van der Waals surface area (Å²) in [5, 5.41) is 3.17. The molecular weight excluding hydrogens is 617 g/mol. The van der Waals surface area contributed by atoms with Gasteiger partial charge in [-0.25, -0.2) is 4.98 Å². The van der Waals surface area contributed by atoms with Crippen LogP contribution in [0.25, 0.3) is 22.4 Å². The number of alkyl halides is 3. The Kier molecular flexibility index (Phi) is 8.73. The van der Waals surface area contributed by atoms with Gasteiger partial charge in [0.2, 0.25) is 5.88 Å². The van der Waals surface area contributed by atoms with E-state index in [4.69, 9.17) is 16.3 Å². The van der Waals surface area contributed by atoms with Gasteiger partial charge in [0.25, 0.3) is 5.91 Å². The standard InChI is InChI=1S/C34H32ClF3N6O2/c1-21-7-8-23(32(45)39-26-10-9-24(27(19-26)34(36,37)38)20-44-15-13-42(2)14-16-44)18-29(21)46-33-30-28(11-12-43(30)3)40-31(41-33)22-5-4-6-25(35)17-22/h4-12,17-19H,13-16,20H2,1-3H3,(H,39,45). The fourth-order valence-corrected chi connectivity index (χ4v) is 5.64. The summed E-state index contributed by atoms with van der Waals surface area (Å²) in [5.74, 6) is 0.485. The van der Waals surface area contributed by atoms with Crippen molar-refractivity contribution in [1.82, 2.24) is 24.3 Å². The van der Waals surface area contributed by atoms with E-state index in [1.165, 1.54) is 12.1 Å². The average Bonchev–Trinajstić information content (AvgIpc) is 3.40. The van der Waals surface area contributed by atoms with Crippen LogP contribution in [-0.2, 0) is 19.8 Å². The summed E-state index contributed by atoms with van der Waals surface area (Å²) in [7, 11) is 3.84. The molecule has 1 N–H and O–H groups in total. The fraction of sp³-hybridized carbons (Fsp3) is 0.265. The van der Waals surface area contributed by atoms with Crippen molar-refractivity contribution in [3.05, 3.63) is 100 Å². The first-order valence-corrected chi connectivity index (χ1v) is 15.1. The van der Waals surface area contributed by atoms with Crippen LogP contribution < -0.4 is 10.1 Å². The average molecular weight is 649 g/mol. The van der Waals surface area contributed by atoms with Gasteiger partial charge in [0.1, 0.15) is 11.3 Å². The van der Waals surface area contributed by atoms with E-state index in [1.807, 2.05) is 54.9 Å². The number of halogens is 4. The minimum absolute atomic E-state index is 0.0509. The first kappa shape index (κ1) is 31.5. The third-order valence-corrected chi connectivity index (χ3v) is 8.33. The number of amides is 1. The number of carbonyl (C=O) groups excluding carboxylic acids is 1. The molecule has 1 aliphatic heterocycles. The Morgan fingerprint density at radius 2 is 1.76 bits per heavy atom. The molecule has 0 atom stereocenters. The Labute approximate surface area is 269 Å². The number of anilines is 1. The summed E-state index contributed by atoms with van der Waals surface area (Å²) in [5.41, 5.74) is 2.42. The number of aromatic nitrogens is 3. The summed E-state index contributed by atoms with van der Waals surface area (Å²) in [6, 6.07) is 17.8. The normalized spacial score (nSPS) is 14.5. The molecule has 2 aromatic heterocycles. The molecule has 3 heterocycles. The third-order valence-electron chi connectivity index (χ3n) is 8.09. The number of ether oxygens (including phenoxy) is 1. The number of rotatable bonds is 7. The quantitative estimate of drug-likeness (QED) is 0.198. The molecule has 0 unspecified atom stereocenters. The zero-order valence-corrected chi connectivity index (χ0v) is 26.3. The first-order valence-electron chi connectivity index (χ1n) is 14.7. The molecule has 12 heteroatoms. The van der Waals surface area contributed by atoms with Gasteiger partial charge in [0, 0.05) is 67.8 Å². The van der Waals surface area contributed by atoms with E-state index in [0.717, 1.165) is 24.7 Å². The van der Waals surface area contributed by atoms with E-state index in [1.54, 1.807) is 30.3 Å². The number of nitrogens with one attached hydrogen (secondary N) is 1. The lowest BCUT2D eigenvalue weighted by Gasteiger charge is -2.33. The van der Waals surface area contributed by atoms with Crippen molar-refractivity contribution in [2.75, 3.05) is 38.5 Å². The number of piperazine rings is 1. The number of hydrogen-bond acceptors (Lipinski definition) is 6. The molecule has 238 valence electrons. The van der Waals surface area contributed by atoms with Gasteiger partial charge < -0.3 is 19.5 Å². The van der Waals surface area contributed by atoms with Crippen LogP contribution in [0.4, 0.5) is 18.9 Å². The fourth-order valence-electron chi connectivity index (χ4n) is 5.44. The van der Waals surface area contributed by atoms with Gasteiger partial charge in [-0.1, -0.05) is 35.9 Å². The second-order valence-electron chi connectivity index (χ2n) is 11.5. The number of likely N-dealkylation sites (N-methyl/N-ethyl adjacent to an activating group) is 1. The maximum Gasteiger partial charge on any atom is 0.416 e. The van der Waals surface area contributed by atoms with Crippen molar-refractivity contribution in [3.8, 4) is 23.0 Å². The molecule has 1 amide bonds. The van der Waals surface area contributed by atoms with Crippen LogP contribution in [-0.4, -0.2) is 63.5 Å². The van der Waals surface area contributed by atoms with E-state index in [2.05, 4.69) is 20.2 Å². The summed E-state index contributed by atoms with van der Waals surface area (Å²) in [6.07, 6.45) is -2.73. The van der Waals surface area contributed by atoms with E-state index in [-0.39, 0.29) is 29.2 Å². The van der Waals surface area contributed by atoms with Crippen LogP contribution in [0.5, 0.6) is 11.6 Å². The van der Waals surface area contributed by atoms with Gasteiger partial charge in [-0.2, -0.15) is 18.2 Å². The Hall–Kier alpha value is -4.45. The molecule has 46 heavy (non-hydrogen) atoms. The summed E-state index contributed by atoms with van der Waals surface area (Å²) >= 11 is 6.21. The molecule has 0 radical (unpaired) electrons. The smallest absolute Gasteiger partial charge is 0.416 e. The molecule has 1 aliphatic rings. The predicted molar refractivity (Wildman–Crippen MR) is 172 cm³/mol. The Morgan fingerprint density at radius 1 is 0.978 bits per heavy atom. The maximum atomic E-state index is 14.1. The van der Waals surface area contributed by atoms with Crippen molar-refractivity contribution in [1.29, 1.82) is 0 Å². The lowest BCUT2D eigenvalue weighted by molar-refractivity contribution is -0.138. The highest BCUT2D eigenvalue weighted by atomic mass is 35.5. The highest BCUT2D eigenvalue weighted by Crippen LogP contribution is 2.36. The minimum atomic E-state index is -4.57. The maximum absolute atomic E-state index is 14.1. The number of fused-ring (bicyclic) bond motifs is 1. The molecule has 0 bridgehead atoms. The Morgan fingerprint density at radius 3 is 2.50 bits per heavy atom. The summed E-state index contributed by atoms with van der Waals surface area (Å²) in [4.78, 5) is 26.8. The Balaban J connectivity index is 1.26. The van der Waals surface area contributed by atoms with E-state index >= 15 is 0 Å². The van der Waals surface area contributed by atoms with Crippen LogP contribution in [0.2, 0.25) is 5.02 Å². The van der Waals surface area contributed by atoms with Gasteiger partial charge in [-0.15, -0.1) is 0 Å². The van der Waals surface area contributed by atoms with Crippen LogP contribution in [0, 0.1) is 6.92 Å². The molecule has 1 fully saturated rings. The molecule has 0 spiro atoms. The van der Waals surface area contributed by atoms with Crippen molar-refractivity contribution in [2.24, 2.45) is 7.05 Å². The molecule has 3 aromatic carbocycles. The molecule has 0 saturated carbocycles. The topological polar surface area (TPSA) is 75.5 Å². The molecule has 1 saturated heterocycles. The molecule has 0 aliphatic carbocycles.